The van der Waals surface area contributed by atoms with Gasteiger partial charge in [0.2, 0.25) is 5.82 Å². The fourth-order valence-corrected chi connectivity index (χ4v) is 1.38. The minimum absolute atomic E-state index is 0.133. The maximum atomic E-state index is 11.9. The minimum Gasteiger partial charge on any atom is -0.344 e. The van der Waals surface area contributed by atoms with E-state index in [1.54, 1.807) is 18.3 Å². The molecule has 19 heavy (non-hydrogen) atoms. The molecule has 0 aliphatic heterocycles. The third-order valence-corrected chi connectivity index (χ3v) is 2.46. The number of nitrogens with one attached hydrogen (secondary N) is 2. The van der Waals surface area contributed by atoms with Crippen molar-refractivity contribution in [2.75, 3.05) is 0 Å². The van der Waals surface area contributed by atoms with E-state index in [2.05, 4.69) is 30.7 Å². The molecule has 2 rings (SSSR count). The molecule has 2 N–H and O–H groups in total. The number of hydrogen-bond donors (Lipinski definition) is 2. The zero-order valence-electron chi connectivity index (χ0n) is 11.1. The first-order valence-electron chi connectivity index (χ1n) is 5.94. The highest BCUT2D eigenvalue weighted by molar-refractivity contribution is 5.90. The first kappa shape index (κ1) is 13.1. The van der Waals surface area contributed by atoms with Gasteiger partial charge in [0.15, 0.2) is 0 Å². The van der Waals surface area contributed by atoms with Gasteiger partial charge in [0, 0.05) is 11.6 Å². The van der Waals surface area contributed by atoms with Crippen LogP contribution in [0, 0.1) is 0 Å². The van der Waals surface area contributed by atoms with Gasteiger partial charge >= 0.3 is 0 Å². The van der Waals surface area contributed by atoms with E-state index in [0.29, 0.717) is 18.1 Å². The zero-order valence-corrected chi connectivity index (χ0v) is 11.1. The average Bonchev–Trinajstić information content (AvgIpc) is 2.87. The Morgan fingerprint density at radius 1 is 1.42 bits per heavy atom. The summed E-state index contributed by atoms with van der Waals surface area (Å²) in [6.45, 7) is 6.28. The van der Waals surface area contributed by atoms with Gasteiger partial charge in [0.1, 0.15) is 5.82 Å². The summed E-state index contributed by atoms with van der Waals surface area (Å²) in [4.78, 5) is 16.0. The molecule has 2 aromatic heterocycles. The third-order valence-electron chi connectivity index (χ3n) is 2.46. The summed E-state index contributed by atoms with van der Waals surface area (Å²) in [6.07, 6.45) is 1.58. The highest BCUT2D eigenvalue weighted by Gasteiger charge is 2.21. The number of aromatic nitrogens is 5. The summed E-state index contributed by atoms with van der Waals surface area (Å²) in [5.41, 5.74) is 0.513. The van der Waals surface area contributed by atoms with Gasteiger partial charge in [-0.25, -0.2) is 4.98 Å². The molecular weight excluding hydrogens is 244 g/mol. The first-order chi connectivity index (χ1) is 8.97. The van der Waals surface area contributed by atoms with Crippen molar-refractivity contribution in [2.24, 2.45) is 0 Å². The molecule has 7 heteroatoms. The summed E-state index contributed by atoms with van der Waals surface area (Å²) >= 11 is 0. The maximum absolute atomic E-state index is 11.9. The predicted molar refractivity (Wildman–Crippen MR) is 68.3 cm³/mol. The largest absolute Gasteiger partial charge is 0.344 e. The average molecular weight is 260 g/mol. The van der Waals surface area contributed by atoms with Crippen molar-refractivity contribution in [1.82, 2.24) is 30.7 Å². The SMILES string of the molecule is CC(C)(C)c1nc(C(=O)NCc2cccnn2)n[nH]1. The number of rotatable bonds is 3. The highest BCUT2D eigenvalue weighted by atomic mass is 16.2. The van der Waals surface area contributed by atoms with Crippen molar-refractivity contribution in [3.8, 4) is 0 Å². The van der Waals surface area contributed by atoms with E-state index >= 15 is 0 Å². The molecule has 2 aromatic rings. The van der Waals surface area contributed by atoms with Crippen molar-refractivity contribution in [3.05, 3.63) is 35.7 Å². The molecule has 0 atom stereocenters. The zero-order chi connectivity index (χ0) is 13.9. The van der Waals surface area contributed by atoms with Crippen LogP contribution in [-0.4, -0.2) is 31.3 Å². The lowest BCUT2D eigenvalue weighted by Crippen LogP contribution is -2.24. The van der Waals surface area contributed by atoms with Crippen LogP contribution in [0.1, 0.15) is 42.9 Å². The lowest BCUT2D eigenvalue weighted by Gasteiger charge is -2.12. The fraction of sp³-hybridized carbons (Fsp3) is 0.417. The third kappa shape index (κ3) is 3.34. The van der Waals surface area contributed by atoms with Crippen molar-refractivity contribution < 1.29 is 4.79 Å². The van der Waals surface area contributed by atoms with Crippen LogP contribution in [0.3, 0.4) is 0 Å². The number of amides is 1. The van der Waals surface area contributed by atoms with Gasteiger partial charge in [-0.1, -0.05) is 20.8 Å². The molecule has 0 saturated carbocycles. The number of carbonyl (C=O) groups excluding carboxylic acids is 1. The molecule has 0 fully saturated rings. The second-order valence-corrected chi connectivity index (χ2v) is 5.16. The Labute approximate surface area is 110 Å². The summed E-state index contributed by atoms with van der Waals surface area (Å²) in [5.74, 6) is 0.475. The van der Waals surface area contributed by atoms with Crippen molar-refractivity contribution in [3.63, 3.8) is 0 Å². The summed E-state index contributed by atoms with van der Waals surface area (Å²) < 4.78 is 0. The van der Waals surface area contributed by atoms with Gasteiger partial charge in [-0.15, -0.1) is 5.10 Å². The standard InChI is InChI=1S/C12H16N6O/c1-12(2,3)11-15-9(17-18-11)10(19)13-7-8-5-4-6-14-16-8/h4-6H,7H2,1-3H3,(H,13,19)(H,15,17,18). The second kappa shape index (κ2) is 5.13. The summed E-state index contributed by atoms with van der Waals surface area (Å²) in [7, 11) is 0. The Morgan fingerprint density at radius 3 is 2.79 bits per heavy atom. The van der Waals surface area contributed by atoms with Crippen LogP contribution in [-0.2, 0) is 12.0 Å². The number of hydrogen-bond acceptors (Lipinski definition) is 5. The number of nitrogens with zero attached hydrogens (tertiary/aromatic N) is 4. The fourth-order valence-electron chi connectivity index (χ4n) is 1.38. The Hall–Kier alpha value is -2.31. The van der Waals surface area contributed by atoms with Crippen LogP contribution >= 0.6 is 0 Å². The Morgan fingerprint density at radius 2 is 2.21 bits per heavy atom. The molecular formula is C12H16N6O. The lowest BCUT2D eigenvalue weighted by molar-refractivity contribution is 0.0940. The van der Waals surface area contributed by atoms with Gasteiger partial charge in [-0.2, -0.15) is 10.2 Å². The number of carbonyl (C=O) groups is 1. The molecule has 100 valence electrons. The van der Waals surface area contributed by atoms with E-state index in [4.69, 9.17) is 0 Å². The molecule has 7 nitrogen and oxygen atoms in total. The van der Waals surface area contributed by atoms with E-state index in [1.807, 2.05) is 20.8 Å². The summed E-state index contributed by atoms with van der Waals surface area (Å²) in [5, 5.41) is 17.0. The van der Waals surface area contributed by atoms with Crippen LogP contribution in [0.5, 0.6) is 0 Å². The molecule has 0 radical (unpaired) electrons. The smallest absolute Gasteiger partial charge is 0.291 e. The molecule has 0 unspecified atom stereocenters. The van der Waals surface area contributed by atoms with E-state index in [1.165, 1.54) is 0 Å². The van der Waals surface area contributed by atoms with E-state index in [0.717, 1.165) is 0 Å². The van der Waals surface area contributed by atoms with E-state index in [-0.39, 0.29) is 17.1 Å². The quantitative estimate of drug-likeness (QED) is 0.851. The van der Waals surface area contributed by atoms with Crippen LogP contribution < -0.4 is 5.32 Å². The monoisotopic (exact) mass is 260 g/mol. The highest BCUT2D eigenvalue weighted by Crippen LogP contribution is 2.17. The number of H-pyrrole nitrogens is 1. The van der Waals surface area contributed by atoms with Gasteiger partial charge < -0.3 is 5.32 Å². The van der Waals surface area contributed by atoms with E-state index < -0.39 is 0 Å². The molecule has 0 saturated heterocycles. The molecule has 1 amide bonds. The topological polar surface area (TPSA) is 96.5 Å². The molecule has 2 heterocycles. The maximum Gasteiger partial charge on any atom is 0.291 e. The molecule has 0 aliphatic carbocycles. The van der Waals surface area contributed by atoms with Crippen molar-refractivity contribution in [1.29, 1.82) is 0 Å². The van der Waals surface area contributed by atoms with Crippen molar-refractivity contribution in [2.45, 2.75) is 32.7 Å². The predicted octanol–water partition coefficient (Wildman–Crippen LogP) is 0.822. The Kier molecular flexibility index (Phi) is 3.55. The normalized spacial score (nSPS) is 11.3. The summed E-state index contributed by atoms with van der Waals surface area (Å²) in [6, 6.07) is 3.55. The Bertz CT molecular complexity index is 557. The van der Waals surface area contributed by atoms with Gasteiger partial charge in [-0.05, 0) is 12.1 Å². The minimum atomic E-state index is -0.336. The molecule has 0 aliphatic rings. The molecule has 0 bridgehead atoms. The van der Waals surface area contributed by atoms with Crippen LogP contribution in [0.2, 0.25) is 0 Å². The van der Waals surface area contributed by atoms with Gasteiger partial charge in [-0.3, -0.25) is 9.89 Å². The molecule has 0 aromatic carbocycles. The van der Waals surface area contributed by atoms with Gasteiger partial charge in [0.05, 0.1) is 12.2 Å². The lowest BCUT2D eigenvalue weighted by atomic mass is 9.96. The molecule has 0 spiro atoms. The van der Waals surface area contributed by atoms with Crippen molar-refractivity contribution >= 4 is 5.91 Å². The first-order valence-corrected chi connectivity index (χ1v) is 5.94. The van der Waals surface area contributed by atoms with Crippen LogP contribution in [0.15, 0.2) is 18.3 Å². The van der Waals surface area contributed by atoms with E-state index in [9.17, 15) is 4.79 Å². The Balaban J connectivity index is 1.99. The van der Waals surface area contributed by atoms with Crippen LogP contribution in [0.4, 0.5) is 0 Å². The second-order valence-electron chi connectivity index (χ2n) is 5.16. The van der Waals surface area contributed by atoms with Gasteiger partial charge in [0.25, 0.3) is 5.91 Å². The van der Waals surface area contributed by atoms with Crippen LogP contribution in [0.25, 0.3) is 0 Å². The number of aromatic amines is 1.